The first-order chi connectivity index (χ1) is 13.2. The minimum Gasteiger partial charge on any atom is -0.352 e. The van der Waals surface area contributed by atoms with E-state index in [1.54, 1.807) is 11.3 Å². The van der Waals surface area contributed by atoms with E-state index in [9.17, 15) is 9.59 Å². The molecule has 2 atom stereocenters. The number of piperidine rings is 2. The van der Waals surface area contributed by atoms with Gasteiger partial charge in [0.15, 0.2) is 0 Å². The number of likely N-dealkylation sites (tertiary alicyclic amines) is 1. The Kier molecular flexibility index (Phi) is 5.27. The zero-order valence-corrected chi connectivity index (χ0v) is 16.1. The fraction of sp³-hybridized carbons (Fsp3) is 0.429. The Bertz CT molecular complexity index is 793. The Balaban J connectivity index is 1.50. The maximum Gasteiger partial charge on any atom is 0.229 e. The average Bonchev–Trinajstić information content (AvgIpc) is 3.20. The van der Waals surface area contributed by atoms with Gasteiger partial charge >= 0.3 is 0 Å². The fourth-order valence-electron chi connectivity index (χ4n) is 4.30. The summed E-state index contributed by atoms with van der Waals surface area (Å²) in [4.78, 5) is 28.9. The number of amides is 2. The first-order valence-electron chi connectivity index (χ1n) is 9.52. The van der Waals surface area contributed by atoms with E-state index >= 15 is 0 Å². The molecule has 4 rings (SSSR count). The molecular formula is C21H25N3O2S. The summed E-state index contributed by atoms with van der Waals surface area (Å²) in [6, 6.07) is 14.1. The van der Waals surface area contributed by atoms with Crippen molar-refractivity contribution in [2.24, 2.45) is 5.41 Å². The molecule has 2 N–H and O–H groups in total. The van der Waals surface area contributed by atoms with Crippen LogP contribution >= 0.6 is 11.3 Å². The molecule has 0 aliphatic carbocycles. The molecule has 0 unspecified atom stereocenters. The first-order valence-corrected chi connectivity index (χ1v) is 10.4. The van der Waals surface area contributed by atoms with Crippen LogP contribution in [0, 0.1) is 5.41 Å². The molecule has 3 heterocycles. The SMILES string of the molecule is O=C1CC[C@]2(C(=O)NCc3ccccc3)CN(Cc3cccs3)CC[C@H]2N1. The van der Waals surface area contributed by atoms with Crippen molar-refractivity contribution in [1.29, 1.82) is 0 Å². The summed E-state index contributed by atoms with van der Waals surface area (Å²) in [6.07, 6.45) is 1.85. The summed E-state index contributed by atoms with van der Waals surface area (Å²) in [7, 11) is 0. The summed E-state index contributed by atoms with van der Waals surface area (Å²) >= 11 is 1.75. The van der Waals surface area contributed by atoms with Crippen molar-refractivity contribution in [3.05, 3.63) is 58.3 Å². The Morgan fingerprint density at radius 3 is 2.89 bits per heavy atom. The maximum atomic E-state index is 13.3. The molecule has 0 bridgehead atoms. The van der Waals surface area contributed by atoms with Crippen molar-refractivity contribution in [3.8, 4) is 0 Å². The highest BCUT2D eigenvalue weighted by molar-refractivity contribution is 7.09. The molecule has 2 aliphatic rings. The van der Waals surface area contributed by atoms with Gasteiger partial charge in [0.25, 0.3) is 0 Å². The molecule has 27 heavy (non-hydrogen) atoms. The second kappa shape index (κ2) is 7.82. The van der Waals surface area contributed by atoms with E-state index in [0.29, 0.717) is 25.9 Å². The summed E-state index contributed by atoms with van der Waals surface area (Å²) in [6.45, 7) is 2.98. The van der Waals surface area contributed by atoms with Crippen LogP contribution in [0.3, 0.4) is 0 Å². The summed E-state index contributed by atoms with van der Waals surface area (Å²) in [5.74, 6) is 0.130. The molecule has 2 aliphatic heterocycles. The molecule has 2 aromatic rings. The second-order valence-corrected chi connectivity index (χ2v) is 8.56. The number of nitrogens with one attached hydrogen (secondary N) is 2. The van der Waals surface area contributed by atoms with Gasteiger partial charge in [0.1, 0.15) is 0 Å². The Hall–Kier alpha value is -2.18. The molecule has 0 saturated carbocycles. The van der Waals surface area contributed by atoms with E-state index in [0.717, 1.165) is 25.1 Å². The first kappa shape index (κ1) is 18.2. The number of hydrogen-bond acceptors (Lipinski definition) is 4. The quantitative estimate of drug-likeness (QED) is 0.834. The third-order valence-electron chi connectivity index (χ3n) is 5.75. The van der Waals surface area contributed by atoms with Crippen molar-refractivity contribution in [1.82, 2.24) is 15.5 Å². The van der Waals surface area contributed by atoms with Crippen LogP contribution in [-0.4, -0.2) is 35.8 Å². The van der Waals surface area contributed by atoms with Gasteiger partial charge in [-0.3, -0.25) is 14.5 Å². The van der Waals surface area contributed by atoms with E-state index in [1.807, 2.05) is 30.3 Å². The largest absolute Gasteiger partial charge is 0.352 e. The lowest BCUT2D eigenvalue weighted by Gasteiger charge is -2.49. The van der Waals surface area contributed by atoms with Crippen LogP contribution in [-0.2, 0) is 22.7 Å². The number of carbonyl (C=O) groups excluding carboxylic acids is 2. The van der Waals surface area contributed by atoms with Crippen molar-refractivity contribution in [2.45, 2.75) is 38.4 Å². The van der Waals surface area contributed by atoms with Crippen LogP contribution in [0.1, 0.15) is 29.7 Å². The zero-order valence-electron chi connectivity index (χ0n) is 15.3. The Labute approximate surface area is 163 Å². The number of hydrogen-bond donors (Lipinski definition) is 2. The molecule has 2 amide bonds. The van der Waals surface area contributed by atoms with E-state index in [2.05, 4.69) is 33.0 Å². The molecular weight excluding hydrogens is 358 g/mol. The smallest absolute Gasteiger partial charge is 0.229 e. The number of nitrogens with zero attached hydrogens (tertiary/aromatic N) is 1. The normalized spacial score (nSPS) is 25.5. The molecule has 2 saturated heterocycles. The highest BCUT2D eigenvalue weighted by Gasteiger charge is 2.51. The predicted octanol–water partition coefficient (Wildman–Crippen LogP) is 2.54. The molecule has 6 heteroatoms. The van der Waals surface area contributed by atoms with Gasteiger partial charge in [-0.15, -0.1) is 11.3 Å². The Morgan fingerprint density at radius 1 is 1.26 bits per heavy atom. The summed E-state index contributed by atoms with van der Waals surface area (Å²) in [5.41, 5.74) is 0.544. The molecule has 5 nitrogen and oxygen atoms in total. The number of benzene rings is 1. The molecule has 1 aromatic carbocycles. The van der Waals surface area contributed by atoms with Crippen LogP contribution in [0.25, 0.3) is 0 Å². The highest BCUT2D eigenvalue weighted by atomic mass is 32.1. The number of thiophene rings is 1. The topological polar surface area (TPSA) is 61.4 Å². The maximum absolute atomic E-state index is 13.3. The standard InChI is InChI=1S/C21H25N3O2S/c25-19-8-10-21(20(26)22-13-16-5-2-1-3-6-16)15-24(11-9-18(21)23-19)14-17-7-4-12-27-17/h1-7,12,18H,8-11,13-15H2,(H,22,26)(H,23,25)/t18-,21+/m1/s1. The lowest BCUT2D eigenvalue weighted by Crippen LogP contribution is -2.66. The monoisotopic (exact) mass is 383 g/mol. The van der Waals surface area contributed by atoms with Crippen molar-refractivity contribution >= 4 is 23.2 Å². The average molecular weight is 384 g/mol. The minimum atomic E-state index is -0.543. The Morgan fingerprint density at radius 2 is 2.11 bits per heavy atom. The molecule has 2 fully saturated rings. The summed E-state index contributed by atoms with van der Waals surface area (Å²) in [5, 5.41) is 8.32. The van der Waals surface area contributed by atoms with Gasteiger partial charge in [0.2, 0.25) is 11.8 Å². The van der Waals surface area contributed by atoms with E-state index in [-0.39, 0.29) is 17.9 Å². The van der Waals surface area contributed by atoms with Crippen molar-refractivity contribution in [2.75, 3.05) is 13.1 Å². The van der Waals surface area contributed by atoms with Crippen LogP contribution in [0.4, 0.5) is 0 Å². The number of rotatable bonds is 5. The van der Waals surface area contributed by atoms with Crippen LogP contribution in [0.5, 0.6) is 0 Å². The lowest BCUT2D eigenvalue weighted by molar-refractivity contribution is -0.144. The van der Waals surface area contributed by atoms with E-state index in [4.69, 9.17) is 0 Å². The third-order valence-corrected chi connectivity index (χ3v) is 6.61. The fourth-order valence-corrected chi connectivity index (χ4v) is 5.04. The molecule has 0 radical (unpaired) electrons. The van der Waals surface area contributed by atoms with Crippen molar-refractivity contribution in [3.63, 3.8) is 0 Å². The minimum absolute atomic E-state index is 0.0623. The molecule has 0 spiro atoms. The van der Waals surface area contributed by atoms with Crippen LogP contribution < -0.4 is 10.6 Å². The van der Waals surface area contributed by atoms with Crippen LogP contribution in [0.2, 0.25) is 0 Å². The zero-order chi connectivity index (χ0) is 18.7. The predicted molar refractivity (Wildman–Crippen MR) is 106 cm³/mol. The lowest BCUT2D eigenvalue weighted by atomic mass is 9.69. The van der Waals surface area contributed by atoms with Gasteiger partial charge < -0.3 is 10.6 Å². The van der Waals surface area contributed by atoms with E-state index in [1.165, 1.54) is 4.88 Å². The van der Waals surface area contributed by atoms with E-state index < -0.39 is 5.41 Å². The van der Waals surface area contributed by atoms with Gasteiger partial charge in [-0.1, -0.05) is 36.4 Å². The van der Waals surface area contributed by atoms with Crippen molar-refractivity contribution < 1.29 is 9.59 Å². The third kappa shape index (κ3) is 3.92. The molecule has 142 valence electrons. The van der Waals surface area contributed by atoms with Gasteiger partial charge in [-0.2, -0.15) is 0 Å². The summed E-state index contributed by atoms with van der Waals surface area (Å²) < 4.78 is 0. The van der Waals surface area contributed by atoms with Gasteiger partial charge in [-0.05, 0) is 29.9 Å². The highest BCUT2D eigenvalue weighted by Crippen LogP contribution is 2.39. The number of fused-ring (bicyclic) bond motifs is 1. The molecule has 1 aromatic heterocycles. The van der Waals surface area contributed by atoms with Gasteiger partial charge in [0.05, 0.1) is 5.41 Å². The van der Waals surface area contributed by atoms with Crippen LogP contribution in [0.15, 0.2) is 47.8 Å². The van der Waals surface area contributed by atoms with Gasteiger partial charge in [-0.25, -0.2) is 0 Å². The number of carbonyl (C=O) groups is 2. The van der Waals surface area contributed by atoms with Gasteiger partial charge in [0, 0.05) is 43.5 Å². The second-order valence-electron chi connectivity index (χ2n) is 7.52.